The zero-order valence-corrected chi connectivity index (χ0v) is 17.5. The van der Waals surface area contributed by atoms with E-state index < -0.39 is 11.7 Å². The van der Waals surface area contributed by atoms with Crippen molar-refractivity contribution in [1.82, 2.24) is 5.32 Å². The van der Waals surface area contributed by atoms with Gasteiger partial charge in [-0.25, -0.2) is 0 Å². The van der Waals surface area contributed by atoms with Gasteiger partial charge in [0.2, 0.25) is 0 Å². The number of benzene rings is 2. The van der Waals surface area contributed by atoms with Gasteiger partial charge in [0.15, 0.2) is 11.5 Å². The molecule has 170 valence electrons. The van der Waals surface area contributed by atoms with Crippen molar-refractivity contribution in [3.05, 3.63) is 59.2 Å². The Hall–Kier alpha value is -2.29. The highest BCUT2D eigenvalue weighted by molar-refractivity contribution is 5.43. The van der Waals surface area contributed by atoms with Crippen LogP contribution in [-0.2, 0) is 24.1 Å². The summed E-state index contributed by atoms with van der Waals surface area (Å²) in [5, 5.41) is 13.2. The lowest BCUT2D eigenvalue weighted by molar-refractivity contribution is -0.137. The smallest absolute Gasteiger partial charge is 0.416 e. The standard InChI is InChI=1S/C23H28F3NO4/c1-29-21-12-17(13-27-15-22(16-28)7-9-30-10-8-22)5-6-20(21)31-14-18-3-2-4-19(11-18)23(24,25)26/h2-6,11-12,27-28H,7-10,13-16H2,1H3. The summed E-state index contributed by atoms with van der Waals surface area (Å²) in [5.74, 6) is 0.967. The van der Waals surface area contributed by atoms with Crippen LogP contribution < -0.4 is 14.8 Å². The van der Waals surface area contributed by atoms with E-state index in [1.165, 1.54) is 13.2 Å². The van der Waals surface area contributed by atoms with Gasteiger partial charge in [0.05, 0.1) is 19.3 Å². The Morgan fingerprint density at radius 3 is 2.52 bits per heavy atom. The van der Waals surface area contributed by atoms with E-state index in [0.717, 1.165) is 30.5 Å². The summed E-state index contributed by atoms with van der Waals surface area (Å²) in [6.45, 7) is 2.71. The normalized spacial score (nSPS) is 16.2. The fraction of sp³-hybridized carbons (Fsp3) is 0.478. The Bertz CT molecular complexity index is 851. The molecule has 1 aliphatic rings. The van der Waals surface area contributed by atoms with Crippen LogP contribution >= 0.6 is 0 Å². The maximum Gasteiger partial charge on any atom is 0.416 e. The molecule has 1 heterocycles. The van der Waals surface area contributed by atoms with Gasteiger partial charge in [0.1, 0.15) is 6.61 Å². The molecule has 2 aromatic carbocycles. The van der Waals surface area contributed by atoms with Crippen molar-refractivity contribution in [3.8, 4) is 11.5 Å². The molecule has 8 heteroatoms. The number of aliphatic hydroxyl groups is 1. The highest BCUT2D eigenvalue weighted by Crippen LogP contribution is 2.32. The monoisotopic (exact) mass is 439 g/mol. The number of halogens is 3. The second kappa shape index (κ2) is 10.3. The van der Waals surface area contributed by atoms with E-state index in [1.807, 2.05) is 12.1 Å². The largest absolute Gasteiger partial charge is 0.493 e. The summed E-state index contributed by atoms with van der Waals surface area (Å²) < 4.78 is 55.1. The molecular formula is C23H28F3NO4. The molecule has 0 aliphatic carbocycles. The average molecular weight is 439 g/mol. The van der Waals surface area contributed by atoms with E-state index in [1.54, 1.807) is 12.1 Å². The maximum absolute atomic E-state index is 12.9. The summed E-state index contributed by atoms with van der Waals surface area (Å²) in [6, 6.07) is 10.5. The van der Waals surface area contributed by atoms with E-state index in [4.69, 9.17) is 14.2 Å². The van der Waals surface area contributed by atoms with Crippen LogP contribution in [0, 0.1) is 5.41 Å². The van der Waals surface area contributed by atoms with Gasteiger partial charge >= 0.3 is 6.18 Å². The van der Waals surface area contributed by atoms with Crippen LogP contribution in [0.4, 0.5) is 13.2 Å². The zero-order valence-electron chi connectivity index (χ0n) is 17.5. The van der Waals surface area contributed by atoms with Gasteiger partial charge in [0, 0.05) is 31.7 Å². The summed E-state index contributed by atoms with van der Waals surface area (Å²) in [6.07, 6.45) is -2.74. The lowest BCUT2D eigenvalue weighted by Gasteiger charge is -2.35. The summed E-state index contributed by atoms with van der Waals surface area (Å²) in [4.78, 5) is 0. The van der Waals surface area contributed by atoms with Crippen LogP contribution in [0.25, 0.3) is 0 Å². The Labute approximate surface area is 180 Å². The molecule has 31 heavy (non-hydrogen) atoms. The lowest BCUT2D eigenvalue weighted by atomic mass is 9.81. The van der Waals surface area contributed by atoms with Gasteiger partial charge in [-0.3, -0.25) is 0 Å². The van der Waals surface area contributed by atoms with Gasteiger partial charge in [0.25, 0.3) is 0 Å². The quantitative estimate of drug-likeness (QED) is 0.614. The van der Waals surface area contributed by atoms with Crippen LogP contribution in [0.2, 0.25) is 0 Å². The molecule has 2 N–H and O–H groups in total. The van der Waals surface area contributed by atoms with Crippen molar-refractivity contribution in [1.29, 1.82) is 0 Å². The summed E-state index contributed by atoms with van der Waals surface area (Å²) >= 11 is 0. The third-order valence-corrected chi connectivity index (χ3v) is 5.59. The van der Waals surface area contributed by atoms with Crippen molar-refractivity contribution in [3.63, 3.8) is 0 Å². The number of hydrogen-bond donors (Lipinski definition) is 2. The molecule has 0 amide bonds. The zero-order chi connectivity index (χ0) is 22.3. The minimum Gasteiger partial charge on any atom is -0.493 e. The average Bonchev–Trinajstić information content (AvgIpc) is 2.78. The topological polar surface area (TPSA) is 60.0 Å². The van der Waals surface area contributed by atoms with E-state index >= 15 is 0 Å². The van der Waals surface area contributed by atoms with Crippen molar-refractivity contribution in [2.45, 2.75) is 32.2 Å². The number of hydrogen-bond acceptors (Lipinski definition) is 5. The molecule has 1 saturated heterocycles. The molecule has 1 aliphatic heterocycles. The molecule has 2 aromatic rings. The SMILES string of the molecule is COc1cc(CNCC2(CO)CCOCC2)ccc1OCc1cccc(C(F)(F)F)c1. The number of aliphatic hydroxyl groups excluding tert-OH is 1. The Morgan fingerprint density at radius 1 is 1.06 bits per heavy atom. The number of ether oxygens (including phenoxy) is 3. The number of alkyl halides is 3. The van der Waals surface area contributed by atoms with Crippen molar-refractivity contribution < 1.29 is 32.5 Å². The predicted molar refractivity (Wildman–Crippen MR) is 110 cm³/mol. The Balaban J connectivity index is 1.58. The van der Waals surface area contributed by atoms with Gasteiger partial charge < -0.3 is 24.6 Å². The molecule has 0 unspecified atom stereocenters. The molecule has 0 saturated carbocycles. The first-order valence-corrected chi connectivity index (χ1v) is 10.2. The van der Waals surface area contributed by atoms with Gasteiger partial charge in [-0.15, -0.1) is 0 Å². The first-order valence-electron chi connectivity index (χ1n) is 10.2. The third kappa shape index (κ3) is 6.35. The highest BCUT2D eigenvalue weighted by atomic mass is 19.4. The van der Waals surface area contributed by atoms with Gasteiger partial charge in [-0.05, 0) is 48.2 Å². The van der Waals surface area contributed by atoms with Crippen molar-refractivity contribution in [2.75, 3.05) is 33.5 Å². The molecule has 1 fully saturated rings. The van der Waals surface area contributed by atoms with E-state index in [-0.39, 0.29) is 18.6 Å². The van der Waals surface area contributed by atoms with Gasteiger partial charge in [-0.1, -0.05) is 18.2 Å². The molecular weight excluding hydrogens is 411 g/mol. The third-order valence-electron chi connectivity index (χ3n) is 5.59. The molecule has 0 radical (unpaired) electrons. The molecule has 5 nitrogen and oxygen atoms in total. The first-order chi connectivity index (χ1) is 14.8. The fourth-order valence-corrected chi connectivity index (χ4v) is 3.61. The Morgan fingerprint density at radius 2 is 1.84 bits per heavy atom. The van der Waals surface area contributed by atoms with Crippen LogP contribution in [-0.4, -0.2) is 38.6 Å². The predicted octanol–water partition coefficient (Wildman–Crippen LogP) is 4.17. The maximum atomic E-state index is 12.9. The number of rotatable bonds is 9. The van der Waals surface area contributed by atoms with E-state index in [2.05, 4.69) is 5.32 Å². The molecule has 0 aromatic heterocycles. The summed E-state index contributed by atoms with van der Waals surface area (Å²) in [7, 11) is 1.52. The van der Waals surface area contributed by atoms with Crippen LogP contribution in [0.15, 0.2) is 42.5 Å². The summed E-state index contributed by atoms with van der Waals surface area (Å²) in [5.41, 5.74) is 0.542. The second-order valence-corrected chi connectivity index (χ2v) is 7.85. The molecule has 0 atom stereocenters. The minimum atomic E-state index is -4.39. The molecule has 3 rings (SSSR count). The van der Waals surface area contributed by atoms with E-state index in [0.29, 0.717) is 43.4 Å². The van der Waals surface area contributed by atoms with E-state index in [9.17, 15) is 18.3 Å². The second-order valence-electron chi connectivity index (χ2n) is 7.85. The molecule has 0 bridgehead atoms. The Kier molecular flexibility index (Phi) is 7.80. The van der Waals surface area contributed by atoms with Crippen LogP contribution in [0.5, 0.6) is 11.5 Å². The van der Waals surface area contributed by atoms with Crippen molar-refractivity contribution in [2.24, 2.45) is 5.41 Å². The first kappa shape index (κ1) is 23.4. The fourth-order valence-electron chi connectivity index (χ4n) is 3.61. The minimum absolute atomic E-state index is 0.00102. The molecule has 0 spiro atoms. The van der Waals surface area contributed by atoms with Crippen molar-refractivity contribution >= 4 is 0 Å². The van der Waals surface area contributed by atoms with Gasteiger partial charge in [-0.2, -0.15) is 13.2 Å². The number of nitrogens with one attached hydrogen (secondary N) is 1. The highest BCUT2D eigenvalue weighted by Gasteiger charge is 2.31. The number of methoxy groups -OCH3 is 1. The van der Waals surface area contributed by atoms with Crippen LogP contribution in [0.1, 0.15) is 29.5 Å². The lowest BCUT2D eigenvalue weighted by Crippen LogP contribution is -2.41. The van der Waals surface area contributed by atoms with Crippen LogP contribution in [0.3, 0.4) is 0 Å².